The largest absolute Gasteiger partial charge is 0.416 e. The average Bonchev–Trinajstić information content (AvgIpc) is 2.46. The third-order valence-electron chi connectivity index (χ3n) is 3.00. The highest BCUT2D eigenvalue weighted by Crippen LogP contribution is 2.30. The fourth-order valence-electron chi connectivity index (χ4n) is 1.92. The number of sulfone groups is 1. The number of carbonyl (C=O) groups is 1. The van der Waals surface area contributed by atoms with Crippen LogP contribution in [0.3, 0.4) is 0 Å². The second kappa shape index (κ2) is 6.04. The van der Waals surface area contributed by atoms with Crippen LogP contribution in [0.4, 0.5) is 18.9 Å². The van der Waals surface area contributed by atoms with Crippen molar-refractivity contribution in [2.45, 2.75) is 11.1 Å². The molecule has 2 aromatic carbocycles. The molecule has 122 valence electrons. The molecule has 0 spiro atoms. The Balaban J connectivity index is 2.27. The van der Waals surface area contributed by atoms with Crippen LogP contribution in [0.5, 0.6) is 0 Å². The third kappa shape index (κ3) is 4.10. The lowest BCUT2D eigenvalue weighted by molar-refractivity contribution is -0.137. The summed E-state index contributed by atoms with van der Waals surface area (Å²) in [6.45, 7) is 0. The van der Waals surface area contributed by atoms with Gasteiger partial charge in [0, 0.05) is 11.9 Å². The number of alkyl halides is 3. The van der Waals surface area contributed by atoms with E-state index >= 15 is 0 Å². The predicted octanol–water partition coefficient (Wildman–Crippen LogP) is 3.36. The molecule has 23 heavy (non-hydrogen) atoms. The van der Waals surface area contributed by atoms with E-state index in [0.29, 0.717) is 0 Å². The van der Waals surface area contributed by atoms with E-state index in [1.165, 1.54) is 24.3 Å². The first-order valence-electron chi connectivity index (χ1n) is 6.37. The van der Waals surface area contributed by atoms with Crippen molar-refractivity contribution >= 4 is 21.4 Å². The Morgan fingerprint density at radius 3 is 2.09 bits per heavy atom. The number of nitrogens with one attached hydrogen (secondary N) is 1. The second-order valence-corrected chi connectivity index (χ2v) is 6.78. The zero-order valence-corrected chi connectivity index (χ0v) is 12.7. The quantitative estimate of drug-likeness (QED) is 0.929. The normalized spacial score (nSPS) is 12.0. The zero-order valence-electron chi connectivity index (χ0n) is 11.9. The molecule has 0 saturated carbocycles. The van der Waals surface area contributed by atoms with Gasteiger partial charge in [0.25, 0.3) is 5.91 Å². The molecular formula is C15H12F3NO3S. The smallest absolute Gasteiger partial charge is 0.322 e. The zero-order chi connectivity index (χ0) is 17.3. The highest BCUT2D eigenvalue weighted by atomic mass is 32.2. The summed E-state index contributed by atoms with van der Waals surface area (Å²) in [6, 6.07) is 9.46. The molecular weight excluding hydrogens is 331 g/mol. The summed E-state index contributed by atoms with van der Waals surface area (Å²) in [7, 11) is -3.61. The number of hydrogen-bond acceptors (Lipinski definition) is 3. The molecule has 0 bridgehead atoms. The Labute approximate surface area is 130 Å². The van der Waals surface area contributed by atoms with Gasteiger partial charge in [-0.15, -0.1) is 0 Å². The van der Waals surface area contributed by atoms with Crippen LogP contribution in [0.2, 0.25) is 0 Å². The molecule has 0 unspecified atom stereocenters. The van der Waals surface area contributed by atoms with Gasteiger partial charge in [0.05, 0.1) is 16.0 Å². The van der Waals surface area contributed by atoms with Crippen molar-refractivity contribution in [1.82, 2.24) is 0 Å². The van der Waals surface area contributed by atoms with Gasteiger partial charge in [0.15, 0.2) is 9.84 Å². The molecule has 0 aliphatic carbocycles. The van der Waals surface area contributed by atoms with E-state index < -0.39 is 27.5 Å². The van der Waals surface area contributed by atoms with Crippen LogP contribution in [0.15, 0.2) is 53.4 Å². The summed E-state index contributed by atoms with van der Waals surface area (Å²) in [4.78, 5) is 12.0. The SMILES string of the molecule is CS(=O)(=O)c1ccccc1C(=O)Nc1ccc(C(F)(F)F)cc1. The van der Waals surface area contributed by atoms with Gasteiger partial charge < -0.3 is 5.32 Å². The van der Waals surface area contributed by atoms with Gasteiger partial charge in [-0.1, -0.05) is 12.1 Å². The summed E-state index contributed by atoms with van der Waals surface area (Å²) in [5.41, 5.74) is -0.784. The van der Waals surface area contributed by atoms with Crippen LogP contribution in [-0.2, 0) is 16.0 Å². The predicted molar refractivity (Wildman–Crippen MR) is 78.9 cm³/mol. The Morgan fingerprint density at radius 1 is 1.00 bits per heavy atom. The molecule has 8 heteroatoms. The first kappa shape index (κ1) is 17.0. The summed E-state index contributed by atoms with van der Waals surface area (Å²) in [6.07, 6.45) is -3.50. The number of hydrogen-bond donors (Lipinski definition) is 1. The van der Waals surface area contributed by atoms with Crippen LogP contribution in [0.25, 0.3) is 0 Å². The molecule has 4 nitrogen and oxygen atoms in total. The third-order valence-corrected chi connectivity index (χ3v) is 4.16. The van der Waals surface area contributed by atoms with Gasteiger partial charge in [-0.25, -0.2) is 8.42 Å². The molecule has 0 radical (unpaired) electrons. The van der Waals surface area contributed by atoms with Crippen LogP contribution in [0.1, 0.15) is 15.9 Å². The minimum atomic E-state index is -4.47. The number of halogens is 3. The van der Waals surface area contributed by atoms with Crippen LogP contribution < -0.4 is 5.32 Å². The van der Waals surface area contributed by atoms with E-state index in [1.807, 2.05) is 0 Å². The monoisotopic (exact) mass is 343 g/mol. The van der Waals surface area contributed by atoms with Crippen molar-refractivity contribution in [2.24, 2.45) is 0 Å². The lowest BCUT2D eigenvalue weighted by Crippen LogP contribution is -2.16. The molecule has 0 aliphatic rings. The minimum Gasteiger partial charge on any atom is -0.322 e. The van der Waals surface area contributed by atoms with Crippen molar-refractivity contribution < 1.29 is 26.4 Å². The van der Waals surface area contributed by atoms with Crippen molar-refractivity contribution in [3.8, 4) is 0 Å². The lowest BCUT2D eigenvalue weighted by atomic mass is 10.1. The first-order valence-corrected chi connectivity index (χ1v) is 8.26. The van der Waals surface area contributed by atoms with E-state index in [0.717, 1.165) is 30.5 Å². The maximum atomic E-state index is 12.5. The van der Waals surface area contributed by atoms with Crippen molar-refractivity contribution in [2.75, 3.05) is 11.6 Å². The van der Waals surface area contributed by atoms with E-state index in [1.54, 1.807) is 0 Å². The maximum Gasteiger partial charge on any atom is 0.416 e. The van der Waals surface area contributed by atoms with Gasteiger partial charge in [-0.3, -0.25) is 4.79 Å². The van der Waals surface area contributed by atoms with Gasteiger partial charge in [0.2, 0.25) is 0 Å². The number of carbonyl (C=O) groups excluding carboxylic acids is 1. The Kier molecular flexibility index (Phi) is 4.46. The van der Waals surface area contributed by atoms with E-state index in [-0.39, 0.29) is 16.1 Å². The van der Waals surface area contributed by atoms with Gasteiger partial charge in [-0.05, 0) is 36.4 Å². The molecule has 0 fully saturated rings. The summed E-state index contributed by atoms with van der Waals surface area (Å²) in [5, 5.41) is 2.38. The van der Waals surface area contributed by atoms with Crippen LogP contribution >= 0.6 is 0 Å². The Morgan fingerprint density at radius 2 is 1.57 bits per heavy atom. The number of amides is 1. The molecule has 0 heterocycles. The number of benzene rings is 2. The molecule has 0 aliphatic heterocycles. The van der Waals surface area contributed by atoms with Crippen molar-refractivity contribution in [1.29, 1.82) is 0 Å². The van der Waals surface area contributed by atoms with E-state index in [9.17, 15) is 26.4 Å². The average molecular weight is 343 g/mol. The van der Waals surface area contributed by atoms with Crippen molar-refractivity contribution in [3.63, 3.8) is 0 Å². The second-order valence-electron chi connectivity index (χ2n) is 4.80. The Bertz CT molecular complexity index is 828. The standard InChI is InChI=1S/C15H12F3NO3S/c1-23(21,22)13-5-3-2-4-12(13)14(20)19-11-8-6-10(7-9-11)15(16,17)18/h2-9H,1H3,(H,19,20). The summed E-state index contributed by atoms with van der Waals surface area (Å²) in [5.74, 6) is -0.717. The Hall–Kier alpha value is -2.35. The maximum absolute atomic E-state index is 12.5. The topological polar surface area (TPSA) is 63.2 Å². The first-order chi connectivity index (χ1) is 10.6. The summed E-state index contributed by atoms with van der Waals surface area (Å²) >= 11 is 0. The van der Waals surface area contributed by atoms with Crippen LogP contribution in [-0.4, -0.2) is 20.6 Å². The highest BCUT2D eigenvalue weighted by Gasteiger charge is 2.30. The minimum absolute atomic E-state index is 0.0742. The van der Waals surface area contributed by atoms with Gasteiger partial charge in [0.1, 0.15) is 0 Å². The molecule has 0 saturated heterocycles. The molecule has 0 aromatic heterocycles. The lowest BCUT2D eigenvalue weighted by Gasteiger charge is -2.10. The molecule has 1 N–H and O–H groups in total. The van der Waals surface area contributed by atoms with Gasteiger partial charge in [-0.2, -0.15) is 13.2 Å². The summed E-state index contributed by atoms with van der Waals surface area (Å²) < 4.78 is 60.8. The van der Waals surface area contributed by atoms with E-state index in [2.05, 4.69) is 5.32 Å². The fraction of sp³-hybridized carbons (Fsp3) is 0.133. The van der Waals surface area contributed by atoms with Crippen molar-refractivity contribution in [3.05, 3.63) is 59.7 Å². The van der Waals surface area contributed by atoms with E-state index in [4.69, 9.17) is 0 Å². The van der Waals surface area contributed by atoms with Crippen LogP contribution in [0, 0.1) is 0 Å². The van der Waals surface area contributed by atoms with Gasteiger partial charge >= 0.3 is 6.18 Å². The number of anilines is 1. The molecule has 0 atom stereocenters. The molecule has 2 aromatic rings. The fourth-order valence-corrected chi connectivity index (χ4v) is 2.80. The number of rotatable bonds is 3. The molecule has 1 amide bonds. The highest BCUT2D eigenvalue weighted by molar-refractivity contribution is 7.90. The molecule has 2 rings (SSSR count).